The number of carbonyl (C=O) groups is 5. The quantitative estimate of drug-likeness (QED) is 0.474. The molecular weight excluding hydrogens is 424 g/mol. The number of hydrogen-bond acceptors (Lipinski definition) is 5. The Morgan fingerprint density at radius 1 is 0.788 bits per heavy atom. The van der Waals surface area contributed by atoms with E-state index in [1.807, 2.05) is 12.1 Å². The lowest BCUT2D eigenvalue weighted by Gasteiger charge is -2.19. The normalized spacial score (nSPS) is 13.6. The number of nitrogens with one attached hydrogen (secondary N) is 3. The summed E-state index contributed by atoms with van der Waals surface area (Å²) >= 11 is 0. The number of rotatable bonds is 5. The van der Waals surface area contributed by atoms with Gasteiger partial charge in [-0.25, -0.2) is 0 Å². The lowest BCUT2D eigenvalue weighted by atomic mass is 9.87. The summed E-state index contributed by atoms with van der Waals surface area (Å²) < 4.78 is 0. The van der Waals surface area contributed by atoms with Crippen LogP contribution in [0.5, 0.6) is 0 Å². The van der Waals surface area contributed by atoms with Gasteiger partial charge in [-0.1, -0.05) is 32.9 Å². The number of anilines is 1. The second-order valence-corrected chi connectivity index (χ2v) is 8.68. The molecule has 1 aliphatic rings. The SMILES string of the molecule is CC(C)(C)c1ccc(C(=O)NNC(=O)CNC(=O)c2ccc(N3C(=O)CCC3=O)cc2)cc1. The molecule has 0 bridgehead atoms. The molecule has 3 rings (SSSR count). The fraction of sp³-hybridized carbons (Fsp3) is 0.292. The standard InChI is InChI=1S/C24H26N4O5/c1-24(2,3)17-8-4-16(5-9-17)23(33)27-26-19(29)14-25-22(32)15-6-10-18(11-7-15)28-20(30)12-13-21(28)31/h4-11H,12-14H2,1-3H3,(H,25,32)(H,26,29)(H,27,33). The van der Waals surface area contributed by atoms with Crippen LogP contribution in [0.15, 0.2) is 48.5 Å². The molecule has 2 aromatic carbocycles. The van der Waals surface area contributed by atoms with Crippen molar-refractivity contribution in [3.8, 4) is 0 Å². The Bertz CT molecular complexity index is 1070. The van der Waals surface area contributed by atoms with Gasteiger partial charge in [0.25, 0.3) is 17.7 Å². The number of carbonyl (C=O) groups excluding carboxylic acids is 5. The summed E-state index contributed by atoms with van der Waals surface area (Å²) in [6.45, 7) is 5.86. The van der Waals surface area contributed by atoms with E-state index in [9.17, 15) is 24.0 Å². The second kappa shape index (κ2) is 9.64. The molecule has 33 heavy (non-hydrogen) atoms. The van der Waals surface area contributed by atoms with Gasteiger partial charge in [-0.3, -0.25) is 39.7 Å². The molecule has 0 aromatic heterocycles. The number of nitrogens with zero attached hydrogens (tertiary/aromatic N) is 1. The highest BCUT2D eigenvalue weighted by Gasteiger charge is 2.30. The average molecular weight is 450 g/mol. The molecule has 1 fully saturated rings. The molecule has 1 saturated heterocycles. The molecule has 0 aliphatic carbocycles. The van der Waals surface area contributed by atoms with Crippen LogP contribution in [0.25, 0.3) is 0 Å². The molecule has 0 atom stereocenters. The topological polar surface area (TPSA) is 125 Å². The molecule has 0 saturated carbocycles. The molecule has 0 spiro atoms. The van der Waals surface area contributed by atoms with Gasteiger partial charge in [0.15, 0.2) is 0 Å². The molecule has 2 aromatic rings. The van der Waals surface area contributed by atoms with Gasteiger partial charge >= 0.3 is 0 Å². The Hall–Kier alpha value is -4.01. The summed E-state index contributed by atoms with van der Waals surface area (Å²) in [4.78, 5) is 61.1. The van der Waals surface area contributed by atoms with E-state index in [1.54, 1.807) is 12.1 Å². The molecule has 3 N–H and O–H groups in total. The third-order valence-electron chi connectivity index (χ3n) is 5.18. The zero-order valence-corrected chi connectivity index (χ0v) is 18.7. The molecule has 0 radical (unpaired) electrons. The van der Waals surface area contributed by atoms with Crippen LogP contribution in [0.2, 0.25) is 0 Å². The Morgan fingerprint density at radius 3 is 1.85 bits per heavy atom. The number of hydrazine groups is 1. The minimum Gasteiger partial charge on any atom is -0.343 e. The number of imide groups is 1. The van der Waals surface area contributed by atoms with Gasteiger partial charge < -0.3 is 5.32 Å². The van der Waals surface area contributed by atoms with Crippen LogP contribution >= 0.6 is 0 Å². The highest BCUT2D eigenvalue weighted by molar-refractivity contribution is 6.19. The highest BCUT2D eigenvalue weighted by atomic mass is 16.2. The summed E-state index contributed by atoms with van der Waals surface area (Å²) in [5.74, 6) is -2.15. The van der Waals surface area contributed by atoms with Crippen LogP contribution < -0.4 is 21.1 Å². The molecule has 9 nitrogen and oxygen atoms in total. The van der Waals surface area contributed by atoms with Gasteiger partial charge in [0.05, 0.1) is 12.2 Å². The van der Waals surface area contributed by atoms with Crippen molar-refractivity contribution in [3.63, 3.8) is 0 Å². The van der Waals surface area contributed by atoms with E-state index in [1.165, 1.54) is 24.3 Å². The number of hydrogen-bond donors (Lipinski definition) is 3. The van der Waals surface area contributed by atoms with Crippen molar-refractivity contribution >= 4 is 35.2 Å². The molecule has 5 amide bonds. The molecule has 0 unspecified atom stereocenters. The lowest BCUT2D eigenvalue weighted by molar-refractivity contribution is -0.122. The Kier molecular flexibility index (Phi) is 6.91. The molecular formula is C24H26N4O5. The Balaban J connectivity index is 1.46. The highest BCUT2D eigenvalue weighted by Crippen LogP contribution is 2.23. The van der Waals surface area contributed by atoms with Crippen LogP contribution in [0.1, 0.15) is 59.9 Å². The van der Waals surface area contributed by atoms with Crippen molar-refractivity contribution in [2.45, 2.75) is 39.0 Å². The summed E-state index contributed by atoms with van der Waals surface area (Å²) in [6, 6.07) is 13.0. The van der Waals surface area contributed by atoms with Gasteiger partial charge in [-0.15, -0.1) is 0 Å². The average Bonchev–Trinajstić information content (AvgIpc) is 3.13. The zero-order chi connectivity index (χ0) is 24.2. The van der Waals surface area contributed by atoms with Gasteiger partial charge in [0.2, 0.25) is 11.8 Å². The first-order chi connectivity index (χ1) is 15.6. The predicted octanol–water partition coefficient (Wildman–Crippen LogP) is 1.83. The Morgan fingerprint density at radius 2 is 1.30 bits per heavy atom. The van der Waals surface area contributed by atoms with Crippen molar-refractivity contribution in [1.82, 2.24) is 16.2 Å². The smallest absolute Gasteiger partial charge is 0.269 e. The Labute approximate surface area is 191 Å². The van der Waals surface area contributed by atoms with Gasteiger partial charge in [0.1, 0.15) is 0 Å². The lowest BCUT2D eigenvalue weighted by Crippen LogP contribution is -2.46. The number of amides is 5. The van der Waals surface area contributed by atoms with Crippen LogP contribution in [-0.2, 0) is 19.8 Å². The molecule has 1 heterocycles. The van der Waals surface area contributed by atoms with Gasteiger partial charge in [-0.2, -0.15) is 0 Å². The fourth-order valence-corrected chi connectivity index (χ4v) is 3.25. The maximum atomic E-state index is 12.3. The summed E-state index contributed by atoms with van der Waals surface area (Å²) in [6.07, 6.45) is 0.351. The monoisotopic (exact) mass is 450 g/mol. The first-order valence-electron chi connectivity index (χ1n) is 10.5. The van der Waals surface area contributed by atoms with Crippen LogP contribution in [0, 0.1) is 0 Å². The number of benzene rings is 2. The fourth-order valence-electron chi connectivity index (χ4n) is 3.25. The second-order valence-electron chi connectivity index (χ2n) is 8.68. The predicted molar refractivity (Wildman–Crippen MR) is 121 cm³/mol. The largest absolute Gasteiger partial charge is 0.343 e. The van der Waals surface area contributed by atoms with E-state index in [2.05, 4.69) is 36.9 Å². The molecule has 9 heteroatoms. The maximum absolute atomic E-state index is 12.3. The first-order valence-corrected chi connectivity index (χ1v) is 10.5. The summed E-state index contributed by atoms with van der Waals surface area (Å²) in [5.41, 5.74) is 6.65. The van der Waals surface area contributed by atoms with E-state index in [4.69, 9.17) is 0 Å². The van der Waals surface area contributed by atoms with E-state index < -0.39 is 17.7 Å². The van der Waals surface area contributed by atoms with Crippen molar-refractivity contribution in [3.05, 3.63) is 65.2 Å². The van der Waals surface area contributed by atoms with Crippen LogP contribution in [0.3, 0.4) is 0 Å². The molecule has 172 valence electrons. The minimum atomic E-state index is -0.604. The van der Waals surface area contributed by atoms with Crippen molar-refractivity contribution in [2.75, 3.05) is 11.4 Å². The van der Waals surface area contributed by atoms with Crippen molar-refractivity contribution in [2.24, 2.45) is 0 Å². The summed E-state index contributed by atoms with van der Waals surface area (Å²) in [7, 11) is 0. The zero-order valence-electron chi connectivity index (χ0n) is 18.7. The van der Waals surface area contributed by atoms with Crippen LogP contribution in [0.4, 0.5) is 5.69 Å². The van der Waals surface area contributed by atoms with E-state index in [0.29, 0.717) is 11.3 Å². The third kappa shape index (κ3) is 5.82. The maximum Gasteiger partial charge on any atom is 0.269 e. The van der Waals surface area contributed by atoms with E-state index >= 15 is 0 Å². The minimum absolute atomic E-state index is 0.0369. The van der Waals surface area contributed by atoms with Gasteiger partial charge in [-0.05, 0) is 47.4 Å². The van der Waals surface area contributed by atoms with Gasteiger partial charge in [0, 0.05) is 24.0 Å². The van der Waals surface area contributed by atoms with Crippen LogP contribution in [-0.4, -0.2) is 36.1 Å². The van der Waals surface area contributed by atoms with E-state index in [-0.39, 0.29) is 42.2 Å². The van der Waals surface area contributed by atoms with Crippen molar-refractivity contribution < 1.29 is 24.0 Å². The third-order valence-corrected chi connectivity index (χ3v) is 5.18. The van der Waals surface area contributed by atoms with E-state index in [0.717, 1.165) is 10.5 Å². The summed E-state index contributed by atoms with van der Waals surface area (Å²) in [5, 5.41) is 2.44. The molecule has 1 aliphatic heterocycles. The van der Waals surface area contributed by atoms with Crippen molar-refractivity contribution in [1.29, 1.82) is 0 Å². The first kappa shape index (κ1) is 23.6.